The van der Waals surface area contributed by atoms with Gasteiger partial charge in [-0.1, -0.05) is 25.5 Å². The van der Waals surface area contributed by atoms with Gasteiger partial charge in [0.1, 0.15) is 11.4 Å². The molecular weight excluding hydrogens is 390 g/mol. The maximum atomic E-state index is 12.9. The SMILES string of the molecule is CCCCOC(=O)c1csc2ncn(CC(=O)Nc3cccc(C)c3C)c(=O)c12. The smallest absolute Gasteiger partial charge is 0.339 e. The molecular formula is C21H23N3O4S. The molecule has 0 aliphatic heterocycles. The molecule has 0 saturated heterocycles. The minimum absolute atomic E-state index is 0.193. The lowest BCUT2D eigenvalue weighted by Gasteiger charge is -2.11. The summed E-state index contributed by atoms with van der Waals surface area (Å²) in [5, 5.41) is 4.60. The van der Waals surface area contributed by atoms with Crippen molar-refractivity contribution in [2.75, 3.05) is 11.9 Å². The zero-order valence-electron chi connectivity index (χ0n) is 16.7. The number of nitrogens with one attached hydrogen (secondary N) is 1. The topological polar surface area (TPSA) is 90.3 Å². The summed E-state index contributed by atoms with van der Waals surface area (Å²) >= 11 is 1.20. The molecule has 0 atom stereocenters. The number of carbonyl (C=O) groups excluding carboxylic acids is 2. The molecule has 3 aromatic rings. The third kappa shape index (κ3) is 4.54. The fraction of sp³-hybridized carbons (Fsp3) is 0.333. The van der Waals surface area contributed by atoms with Gasteiger partial charge in [0.25, 0.3) is 5.56 Å². The van der Waals surface area contributed by atoms with Crippen LogP contribution in [0.25, 0.3) is 10.2 Å². The van der Waals surface area contributed by atoms with E-state index in [0.29, 0.717) is 17.1 Å². The number of hydrogen-bond acceptors (Lipinski definition) is 6. The Bertz CT molecular complexity index is 1120. The van der Waals surface area contributed by atoms with Gasteiger partial charge in [-0.2, -0.15) is 0 Å². The summed E-state index contributed by atoms with van der Waals surface area (Å²) < 4.78 is 6.43. The van der Waals surface area contributed by atoms with E-state index in [1.165, 1.54) is 22.2 Å². The largest absolute Gasteiger partial charge is 0.462 e. The lowest BCUT2D eigenvalue weighted by Crippen LogP contribution is -2.28. The van der Waals surface area contributed by atoms with Gasteiger partial charge in [0, 0.05) is 11.1 Å². The van der Waals surface area contributed by atoms with Crippen LogP contribution in [0.3, 0.4) is 0 Å². The van der Waals surface area contributed by atoms with E-state index in [0.717, 1.165) is 24.0 Å². The second-order valence-electron chi connectivity index (χ2n) is 6.79. The zero-order chi connectivity index (χ0) is 21.0. The van der Waals surface area contributed by atoms with E-state index in [1.807, 2.05) is 39.0 Å². The van der Waals surface area contributed by atoms with Crippen LogP contribution in [0.2, 0.25) is 0 Å². The maximum Gasteiger partial charge on any atom is 0.339 e. The molecule has 0 aliphatic carbocycles. The predicted octanol–water partition coefficient (Wildman–Crippen LogP) is 3.67. The molecule has 0 saturated carbocycles. The highest BCUT2D eigenvalue weighted by atomic mass is 32.1. The number of rotatable bonds is 7. The standard InChI is InChI=1S/C21H23N3O4S/c1-4-5-9-28-21(27)15-11-29-19-18(15)20(26)24(12-22-19)10-17(25)23-16-8-6-7-13(2)14(16)3/h6-8,11-12H,4-5,9-10H2,1-3H3,(H,23,25). The predicted molar refractivity (Wildman–Crippen MR) is 114 cm³/mol. The Labute approximate surface area is 172 Å². The summed E-state index contributed by atoms with van der Waals surface area (Å²) in [6, 6.07) is 5.64. The quantitative estimate of drug-likeness (QED) is 0.471. The molecule has 1 aromatic carbocycles. The van der Waals surface area contributed by atoms with Gasteiger partial charge in [-0.15, -0.1) is 11.3 Å². The lowest BCUT2D eigenvalue weighted by molar-refractivity contribution is -0.116. The number of fused-ring (bicyclic) bond motifs is 1. The molecule has 3 rings (SSSR count). The van der Waals surface area contributed by atoms with E-state index >= 15 is 0 Å². The molecule has 7 nitrogen and oxygen atoms in total. The molecule has 0 bridgehead atoms. The summed E-state index contributed by atoms with van der Waals surface area (Å²) in [4.78, 5) is 42.4. The molecule has 0 fully saturated rings. The van der Waals surface area contributed by atoms with Gasteiger partial charge < -0.3 is 10.1 Å². The molecule has 0 unspecified atom stereocenters. The Morgan fingerprint density at radius 3 is 2.83 bits per heavy atom. The highest BCUT2D eigenvalue weighted by Crippen LogP contribution is 2.22. The van der Waals surface area contributed by atoms with E-state index in [-0.39, 0.29) is 23.4 Å². The van der Waals surface area contributed by atoms with Crippen molar-refractivity contribution in [2.45, 2.75) is 40.2 Å². The maximum absolute atomic E-state index is 12.9. The molecule has 1 N–H and O–H groups in total. The number of unbranched alkanes of at least 4 members (excludes halogenated alkanes) is 1. The average molecular weight is 413 g/mol. The van der Waals surface area contributed by atoms with Crippen molar-refractivity contribution in [3.05, 3.63) is 57.0 Å². The van der Waals surface area contributed by atoms with Gasteiger partial charge in [0.2, 0.25) is 5.91 Å². The first-order valence-electron chi connectivity index (χ1n) is 9.42. The summed E-state index contributed by atoms with van der Waals surface area (Å²) in [6.45, 7) is 5.99. The number of aryl methyl sites for hydroxylation is 1. The summed E-state index contributed by atoms with van der Waals surface area (Å²) in [5.41, 5.74) is 2.50. The van der Waals surface area contributed by atoms with Gasteiger partial charge in [-0.05, 0) is 37.5 Å². The second-order valence-corrected chi connectivity index (χ2v) is 7.65. The van der Waals surface area contributed by atoms with Crippen LogP contribution in [0, 0.1) is 13.8 Å². The van der Waals surface area contributed by atoms with Gasteiger partial charge in [-0.25, -0.2) is 9.78 Å². The van der Waals surface area contributed by atoms with Crippen LogP contribution in [-0.4, -0.2) is 28.0 Å². The molecule has 0 spiro atoms. The van der Waals surface area contributed by atoms with E-state index in [9.17, 15) is 14.4 Å². The number of thiophene rings is 1. The Balaban J connectivity index is 1.83. The van der Waals surface area contributed by atoms with Crippen molar-refractivity contribution in [2.24, 2.45) is 0 Å². The highest BCUT2D eigenvalue weighted by molar-refractivity contribution is 7.17. The molecule has 1 amide bonds. The molecule has 8 heteroatoms. The van der Waals surface area contributed by atoms with E-state index in [1.54, 1.807) is 5.38 Å². The zero-order valence-corrected chi connectivity index (χ0v) is 17.5. The van der Waals surface area contributed by atoms with Gasteiger partial charge >= 0.3 is 5.97 Å². The van der Waals surface area contributed by atoms with Gasteiger partial charge in [-0.3, -0.25) is 14.2 Å². The number of aromatic nitrogens is 2. The Kier molecular flexibility index (Phi) is 6.43. The van der Waals surface area contributed by atoms with Crippen LogP contribution in [0.5, 0.6) is 0 Å². The van der Waals surface area contributed by atoms with Crippen molar-refractivity contribution < 1.29 is 14.3 Å². The lowest BCUT2D eigenvalue weighted by atomic mass is 10.1. The molecule has 0 aliphatic rings. The van der Waals surface area contributed by atoms with Crippen molar-refractivity contribution >= 4 is 39.1 Å². The van der Waals surface area contributed by atoms with Crippen LogP contribution in [0.4, 0.5) is 5.69 Å². The summed E-state index contributed by atoms with van der Waals surface area (Å²) in [5.74, 6) is -0.884. The van der Waals surface area contributed by atoms with Crippen LogP contribution in [-0.2, 0) is 16.1 Å². The van der Waals surface area contributed by atoms with E-state index in [4.69, 9.17) is 4.74 Å². The number of ether oxygens (including phenoxy) is 1. The minimum Gasteiger partial charge on any atom is -0.462 e. The van der Waals surface area contributed by atoms with Crippen LogP contribution in [0.1, 0.15) is 41.3 Å². The number of amides is 1. The minimum atomic E-state index is -0.541. The Morgan fingerprint density at radius 2 is 2.07 bits per heavy atom. The number of carbonyl (C=O) groups is 2. The number of esters is 1. The molecule has 0 radical (unpaired) electrons. The number of benzene rings is 1. The van der Waals surface area contributed by atoms with Crippen LogP contribution >= 0.6 is 11.3 Å². The first-order chi connectivity index (χ1) is 13.9. The molecule has 152 valence electrons. The average Bonchev–Trinajstić information content (AvgIpc) is 3.13. The Hall–Kier alpha value is -3.00. The van der Waals surface area contributed by atoms with E-state index < -0.39 is 11.5 Å². The number of anilines is 1. The van der Waals surface area contributed by atoms with Crippen molar-refractivity contribution in [3.63, 3.8) is 0 Å². The van der Waals surface area contributed by atoms with Crippen molar-refractivity contribution in [1.82, 2.24) is 9.55 Å². The number of hydrogen-bond donors (Lipinski definition) is 1. The third-order valence-electron chi connectivity index (χ3n) is 4.70. The monoisotopic (exact) mass is 413 g/mol. The molecule has 2 aromatic heterocycles. The van der Waals surface area contributed by atoms with Crippen molar-refractivity contribution in [1.29, 1.82) is 0 Å². The first kappa shape index (κ1) is 20.7. The first-order valence-corrected chi connectivity index (χ1v) is 10.3. The second kappa shape index (κ2) is 9.00. The van der Waals surface area contributed by atoms with Crippen molar-refractivity contribution in [3.8, 4) is 0 Å². The normalized spacial score (nSPS) is 10.9. The fourth-order valence-electron chi connectivity index (χ4n) is 2.85. The highest BCUT2D eigenvalue weighted by Gasteiger charge is 2.19. The van der Waals surface area contributed by atoms with Gasteiger partial charge in [0.05, 0.1) is 23.9 Å². The number of nitrogens with zero attached hydrogens (tertiary/aromatic N) is 2. The third-order valence-corrected chi connectivity index (χ3v) is 5.59. The molecule has 29 heavy (non-hydrogen) atoms. The fourth-order valence-corrected chi connectivity index (χ4v) is 3.72. The Morgan fingerprint density at radius 1 is 1.28 bits per heavy atom. The van der Waals surface area contributed by atoms with E-state index in [2.05, 4.69) is 10.3 Å². The molecule has 2 heterocycles. The summed E-state index contributed by atoms with van der Waals surface area (Å²) in [7, 11) is 0. The summed E-state index contributed by atoms with van der Waals surface area (Å²) in [6.07, 6.45) is 2.99. The van der Waals surface area contributed by atoms with Crippen LogP contribution in [0.15, 0.2) is 34.7 Å². The van der Waals surface area contributed by atoms with Gasteiger partial charge in [0.15, 0.2) is 0 Å². The van der Waals surface area contributed by atoms with Crippen LogP contribution < -0.4 is 10.9 Å².